The van der Waals surface area contributed by atoms with E-state index < -0.39 is 5.60 Å². The first-order chi connectivity index (χ1) is 10.0. The van der Waals surface area contributed by atoms with Crippen LogP contribution in [-0.2, 0) is 9.47 Å². The van der Waals surface area contributed by atoms with E-state index in [0.717, 1.165) is 26.1 Å². The van der Waals surface area contributed by atoms with Gasteiger partial charge in [0.1, 0.15) is 5.60 Å². The maximum absolute atomic E-state index is 12.4. The van der Waals surface area contributed by atoms with E-state index in [9.17, 15) is 4.79 Å². The van der Waals surface area contributed by atoms with Crippen LogP contribution in [0.1, 0.15) is 54.9 Å². The number of carbonyl (C=O) groups is 1. The van der Waals surface area contributed by atoms with Crippen molar-refractivity contribution in [2.75, 3.05) is 26.2 Å². The van der Waals surface area contributed by atoms with E-state index in [2.05, 4.69) is 12.2 Å². The van der Waals surface area contributed by atoms with Crippen LogP contribution < -0.4 is 5.32 Å². The minimum Gasteiger partial charge on any atom is -0.444 e. The lowest BCUT2D eigenvalue weighted by Crippen LogP contribution is -2.50. The van der Waals surface area contributed by atoms with Gasteiger partial charge in [0.2, 0.25) is 0 Å². The summed E-state index contributed by atoms with van der Waals surface area (Å²) in [5.74, 6) is 0.574. The van der Waals surface area contributed by atoms with Gasteiger partial charge in [-0.1, -0.05) is 0 Å². The highest BCUT2D eigenvalue weighted by molar-refractivity contribution is 5.69. The van der Waals surface area contributed by atoms with Crippen LogP contribution in [0.2, 0.25) is 0 Å². The Bertz CT molecular complexity index is 358. The molecular formula is C17H34N2O3. The van der Waals surface area contributed by atoms with E-state index in [-0.39, 0.29) is 11.6 Å². The number of hydrogen-bond donors (Lipinski definition) is 1. The number of carbonyl (C=O) groups excluding carboxylic acids is 1. The van der Waals surface area contributed by atoms with Gasteiger partial charge in [0.05, 0.1) is 6.10 Å². The Labute approximate surface area is 135 Å². The highest BCUT2D eigenvalue weighted by Crippen LogP contribution is 2.20. The highest BCUT2D eigenvalue weighted by atomic mass is 16.6. The predicted molar refractivity (Wildman–Crippen MR) is 89.1 cm³/mol. The second-order valence-corrected chi connectivity index (χ2v) is 8.13. The van der Waals surface area contributed by atoms with E-state index in [0.29, 0.717) is 18.6 Å². The van der Waals surface area contributed by atoms with Gasteiger partial charge in [0.15, 0.2) is 0 Å². The first-order valence-electron chi connectivity index (χ1n) is 8.33. The van der Waals surface area contributed by atoms with Gasteiger partial charge in [-0.05, 0) is 60.8 Å². The van der Waals surface area contributed by atoms with Gasteiger partial charge in [-0.25, -0.2) is 4.79 Å². The molecule has 1 fully saturated rings. The van der Waals surface area contributed by atoms with E-state index in [4.69, 9.17) is 9.47 Å². The lowest BCUT2D eigenvalue weighted by Gasteiger charge is -2.37. The van der Waals surface area contributed by atoms with Gasteiger partial charge in [0.25, 0.3) is 0 Å². The number of hydrogen-bond acceptors (Lipinski definition) is 4. The summed E-state index contributed by atoms with van der Waals surface area (Å²) in [6.07, 6.45) is 1.19. The van der Waals surface area contributed by atoms with Crippen molar-refractivity contribution < 1.29 is 14.3 Å². The number of amides is 1. The van der Waals surface area contributed by atoms with Crippen LogP contribution in [0, 0.1) is 5.92 Å². The Morgan fingerprint density at radius 3 is 2.36 bits per heavy atom. The molecule has 2 atom stereocenters. The van der Waals surface area contributed by atoms with E-state index in [1.807, 2.05) is 41.5 Å². The highest BCUT2D eigenvalue weighted by Gasteiger charge is 2.30. The first kappa shape index (κ1) is 19.2. The molecule has 1 N–H and O–H groups in total. The Kier molecular flexibility index (Phi) is 6.68. The zero-order chi connectivity index (χ0) is 17.0. The van der Waals surface area contributed by atoms with Gasteiger partial charge in [-0.3, -0.25) is 0 Å². The van der Waals surface area contributed by atoms with Gasteiger partial charge < -0.3 is 19.7 Å². The Balaban J connectivity index is 2.43. The number of nitrogens with zero attached hydrogens (tertiary/aromatic N) is 1. The Morgan fingerprint density at radius 2 is 1.91 bits per heavy atom. The molecule has 1 heterocycles. The maximum Gasteiger partial charge on any atom is 0.410 e. The predicted octanol–water partition coefficient (Wildman–Crippen LogP) is 3.04. The third-order valence-corrected chi connectivity index (χ3v) is 3.88. The normalized spacial score (nSPS) is 22.7. The molecule has 1 rings (SSSR count). The lowest BCUT2D eigenvalue weighted by atomic mass is 10.0. The number of ether oxygens (including phenoxy) is 2. The molecule has 22 heavy (non-hydrogen) atoms. The number of rotatable bonds is 5. The SMILES string of the molecule is CC1OCCC1CNCCN(C(=O)OC(C)(C)C)C(C)(C)C. The van der Waals surface area contributed by atoms with Crippen molar-refractivity contribution in [1.82, 2.24) is 10.2 Å². The zero-order valence-corrected chi connectivity index (χ0v) is 15.4. The molecule has 0 radical (unpaired) electrons. The monoisotopic (exact) mass is 314 g/mol. The molecule has 2 unspecified atom stereocenters. The third kappa shape index (κ3) is 6.53. The summed E-state index contributed by atoms with van der Waals surface area (Å²) in [4.78, 5) is 14.2. The summed E-state index contributed by atoms with van der Waals surface area (Å²) in [5, 5.41) is 3.45. The van der Waals surface area contributed by atoms with Gasteiger partial charge in [0, 0.05) is 31.8 Å². The van der Waals surface area contributed by atoms with Gasteiger partial charge >= 0.3 is 6.09 Å². The largest absolute Gasteiger partial charge is 0.444 e. The molecule has 0 aliphatic carbocycles. The summed E-state index contributed by atoms with van der Waals surface area (Å²) in [6, 6.07) is 0. The van der Waals surface area contributed by atoms with Crippen LogP contribution >= 0.6 is 0 Å². The average molecular weight is 314 g/mol. The summed E-state index contributed by atoms with van der Waals surface area (Å²) < 4.78 is 11.1. The van der Waals surface area contributed by atoms with Crippen LogP contribution in [0.3, 0.4) is 0 Å². The van der Waals surface area contributed by atoms with E-state index in [1.54, 1.807) is 4.90 Å². The standard InChI is InChI=1S/C17H34N2O3/c1-13-14(8-11-21-13)12-18-9-10-19(16(2,3)4)15(20)22-17(5,6)7/h13-14,18H,8-12H2,1-7H3. The minimum absolute atomic E-state index is 0.251. The molecular weight excluding hydrogens is 280 g/mol. The van der Waals surface area contributed by atoms with Crippen molar-refractivity contribution in [3.05, 3.63) is 0 Å². The molecule has 1 aliphatic heterocycles. The molecule has 5 nitrogen and oxygen atoms in total. The van der Waals surface area contributed by atoms with Crippen molar-refractivity contribution in [2.45, 2.75) is 72.1 Å². The van der Waals surface area contributed by atoms with Crippen LogP contribution in [0.4, 0.5) is 4.79 Å². The van der Waals surface area contributed by atoms with Crippen molar-refractivity contribution in [3.63, 3.8) is 0 Å². The van der Waals surface area contributed by atoms with Crippen LogP contribution in [0.15, 0.2) is 0 Å². The van der Waals surface area contributed by atoms with E-state index in [1.165, 1.54) is 0 Å². The summed E-state index contributed by atoms with van der Waals surface area (Å²) in [5.41, 5.74) is -0.724. The van der Waals surface area contributed by atoms with Crippen molar-refractivity contribution in [3.8, 4) is 0 Å². The van der Waals surface area contributed by atoms with Crippen molar-refractivity contribution >= 4 is 6.09 Å². The lowest BCUT2D eigenvalue weighted by molar-refractivity contribution is 0.00652. The molecule has 0 saturated carbocycles. The summed E-state index contributed by atoms with van der Waals surface area (Å²) >= 11 is 0. The minimum atomic E-state index is -0.468. The second-order valence-electron chi connectivity index (χ2n) is 8.13. The Hall–Kier alpha value is -0.810. The summed E-state index contributed by atoms with van der Waals surface area (Å²) in [6.45, 7) is 17.1. The summed E-state index contributed by atoms with van der Waals surface area (Å²) in [7, 11) is 0. The number of nitrogens with one attached hydrogen (secondary N) is 1. The molecule has 0 spiro atoms. The average Bonchev–Trinajstić information content (AvgIpc) is 2.70. The molecule has 5 heteroatoms. The first-order valence-corrected chi connectivity index (χ1v) is 8.33. The van der Waals surface area contributed by atoms with E-state index >= 15 is 0 Å². The zero-order valence-electron chi connectivity index (χ0n) is 15.4. The second kappa shape index (κ2) is 7.64. The maximum atomic E-state index is 12.4. The van der Waals surface area contributed by atoms with Gasteiger partial charge in [-0.15, -0.1) is 0 Å². The van der Waals surface area contributed by atoms with Crippen LogP contribution in [0.5, 0.6) is 0 Å². The third-order valence-electron chi connectivity index (χ3n) is 3.88. The van der Waals surface area contributed by atoms with Crippen LogP contribution in [-0.4, -0.2) is 54.5 Å². The fourth-order valence-electron chi connectivity index (χ4n) is 2.54. The molecule has 1 saturated heterocycles. The smallest absolute Gasteiger partial charge is 0.410 e. The molecule has 1 aliphatic rings. The molecule has 0 aromatic heterocycles. The van der Waals surface area contributed by atoms with Crippen molar-refractivity contribution in [2.24, 2.45) is 5.92 Å². The van der Waals surface area contributed by atoms with Crippen molar-refractivity contribution in [1.29, 1.82) is 0 Å². The molecule has 0 bridgehead atoms. The van der Waals surface area contributed by atoms with Gasteiger partial charge in [-0.2, -0.15) is 0 Å². The molecule has 0 aromatic carbocycles. The Morgan fingerprint density at radius 1 is 1.27 bits per heavy atom. The molecule has 0 aromatic rings. The van der Waals surface area contributed by atoms with Crippen LogP contribution in [0.25, 0.3) is 0 Å². The topological polar surface area (TPSA) is 50.8 Å². The quantitative estimate of drug-likeness (QED) is 0.793. The molecule has 1 amide bonds. The molecule has 130 valence electrons. The fourth-order valence-corrected chi connectivity index (χ4v) is 2.54. The fraction of sp³-hybridized carbons (Fsp3) is 0.941.